The molecule has 0 fully saturated rings. The molecule has 0 spiro atoms. The molecule has 0 radical (unpaired) electrons. The zero-order valence-electron chi connectivity index (χ0n) is 55.2. The molecule has 488 valence electrons. The van der Waals surface area contributed by atoms with E-state index in [0.717, 1.165) is 77.0 Å². The number of hydrogen-bond acceptors (Lipinski definition) is 10. The summed E-state index contributed by atoms with van der Waals surface area (Å²) in [6.45, 7) is 12.3. The molecule has 82 heavy (non-hydrogen) atoms. The molecule has 0 bridgehead atoms. The number of nitrogens with zero attached hydrogens (tertiary/aromatic N) is 2. The molecule has 0 aliphatic carbocycles. The van der Waals surface area contributed by atoms with E-state index in [0.29, 0.717) is 50.8 Å². The average Bonchev–Trinajstić information content (AvgIpc) is 3.45. The van der Waals surface area contributed by atoms with Crippen molar-refractivity contribution in [2.75, 3.05) is 50.8 Å². The second-order valence-electron chi connectivity index (χ2n) is 25.5. The zero-order chi connectivity index (χ0) is 59.9. The van der Waals surface area contributed by atoms with Crippen LogP contribution in [0.2, 0.25) is 0 Å². The Bertz CT molecular complexity index is 1160. The van der Waals surface area contributed by atoms with Crippen molar-refractivity contribution < 1.29 is 30.0 Å². The average molecular weight is 1200 g/mol. The number of unbranched alkanes of at least 4 members (excludes halogenated alkanes) is 44. The van der Waals surface area contributed by atoms with E-state index >= 15 is 0 Å². The Kier molecular flexibility index (Phi) is 66.1. The lowest BCUT2D eigenvalue weighted by Gasteiger charge is -2.27. The quantitative estimate of drug-likeness (QED) is 0.0346. The van der Waals surface area contributed by atoms with Gasteiger partial charge < -0.3 is 20.4 Å². The predicted molar refractivity (Wildman–Crippen MR) is 364 cm³/mol. The molecule has 0 aromatic carbocycles. The highest BCUT2D eigenvalue weighted by atomic mass is 32.2. The van der Waals surface area contributed by atoms with Gasteiger partial charge in [-0.15, -0.1) is 0 Å². The summed E-state index contributed by atoms with van der Waals surface area (Å²) in [7, 11) is 0. The van der Waals surface area contributed by atoms with Crippen molar-refractivity contribution in [3.05, 3.63) is 12.2 Å². The monoisotopic (exact) mass is 1200 g/mol. The Balaban J connectivity index is 5.09. The van der Waals surface area contributed by atoms with Gasteiger partial charge in [-0.2, -0.15) is 0 Å². The number of rotatable bonds is 68. The first-order valence-corrected chi connectivity index (χ1v) is 38.3. The molecular formula is C72H142N2O6S2. The Morgan fingerprint density at radius 1 is 0.280 bits per heavy atom. The molecule has 0 saturated heterocycles. The number of hydrogen-bond donors (Lipinski definition) is 4. The first kappa shape index (κ1) is 81.5. The molecule has 4 atom stereocenters. The third-order valence-electron chi connectivity index (χ3n) is 17.1. The molecule has 0 aromatic rings. The highest BCUT2D eigenvalue weighted by molar-refractivity contribution is 8.14. The van der Waals surface area contributed by atoms with Crippen molar-refractivity contribution in [3.8, 4) is 0 Å². The topological polar surface area (TPSA) is 122 Å². The van der Waals surface area contributed by atoms with E-state index in [1.165, 1.54) is 293 Å². The number of thioether (sulfide) groups is 2. The summed E-state index contributed by atoms with van der Waals surface area (Å²) in [5.74, 6) is 1.05. The fraction of sp³-hybridized carbons (Fsp3) is 0.944. The third-order valence-corrected chi connectivity index (χ3v) is 18.7. The molecule has 4 unspecified atom stereocenters. The van der Waals surface area contributed by atoms with E-state index < -0.39 is 24.4 Å². The van der Waals surface area contributed by atoms with Gasteiger partial charge in [0.2, 0.25) is 10.2 Å². The molecule has 0 amide bonds. The van der Waals surface area contributed by atoms with E-state index in [4.69, 9.17) is 0 Å². The van der Waals surface area contributed by atoms with Crippen LogP contribution < -0.4 is 0 Å². The predicted octanol–water partition coefficient (Wildman–Crippen LogP) is 20.5. The van der Waals surface area contributed by atoms with E-state index in [1.54, 1.807) is 0 Å². The van der Waals surface area contributed by atoms with Crippen LogP contribution in [0.5, 0.6) is 0 Å². The molecule has 0 aliphatic rings. The van der Waals surface area contributed by atoms with E-state index in [1.807, 2.05) is 0 Å². The lowest BCUT2D eigenvalue weighted by Crippen LogP contribution is -2.39. The fourth-order valence-corrected chi connectivity index (χ4v) is 13.2. The van der Waals surface area contributed by atoms with E-state index in [2.05, 4.69) is 37.5 Å². The molecule has 10 heteroatoms. The van der Waals surface area contributed by atoms with Crippen molar-refractivity contribution >= 4 is 33.8 Å². The molecule has 8 nitrogen and oxygen atoms in total. The SMILES string of the molecule is CCCCCCCCCCCCCCC(O)CN(CCSC(=O)/C=C/C(=O)SCCN(CC(O)CCCCCCCCCCCCCC)CC(O)CCCCCCCCCCCCCC)CC(O)CCCCCCCCCCCCCC. The van der Waals surface area contributed by atoms with Crippen LogP contribution in [0, 0.1) is 0 Å². The Hall–Kier alpha value is -0.460. The van der Waals surface area contributed by atoms with Crippen LogP contribution in [-0.4, -0.2) is 116 Å². The second kappa shape index (κ2) is 66.5. The minimum Gasteiger partial charge on any atom is -0.392 e. The van der Waals surface area contributed by atoms with Crippen molar-refractivity contribution in [2.24, 2.45) is 0 Å². The van der Waals surface area contributed by atoms with Gasteiger partial charge in [0, 0.05) is 50.8 Å². The van der Waals surface area contributed by atoms with Gasteiger partial charge in [-0.05, 0) is 37.8 Å². The van der Waals surface area contributed by atoms with Gasteiger partial charge in [-0.25, -0.2) is 0 Å². The highest BCUT2D eigenvalue weighted by Crippen LogP contribution is 2.20. The lowest BCUT2D eigenvalue weighted by molar-refractivity contribution is -0.109. The molecule has 0 heterocycles. The summed E-state index contributed by atoms with van der Waals surface area (Å²) in [6.07, 6.45) is 65.9. The largest absolute Gasteiger partial charge is 0.392 e. The molecule has 0 rings (SSSR count). The van der Waals surface area contributed by atoms with Crippen molar-refractivity contribution in [3.63, 3.8) is 0 Å². The van der Waals surface area contributed by atoms with Crippen LogP contribution in [-0.2, 0) is 9.59 Å². The highest BCUT2D eigenvalue weighted by Gasteiger charge is 2.19. The molecule has 0 saturated carbocycles. The smallest absolute Gasteiger partial charge is 0.212 e. The summed E-state index contributed by atoms with van der Waals surface area (Å²) in [5.41, 5.74) is 0. The Labute approximate surface area is 519 Å². The van der Waals surface area contributed by atoms with Gasteiger partial charge in [0.25, 0.3) is 0 Å². The first-order valence-electron chi connectivity index (χ1n) is 36.3. The molecular weight excluding hydrogens is 1050 g/mol. The van der Waals surface area contributed by atoms with Crippen LogP contribution in [0.25, 0.3) is 0 Å². The van der Waals surface area contributed by atoms with E-state index in [-0.39, 0.29) is 10.2 Å². The maximum absolute atomic E-state index is 13.1. The number of carbonyl (C=O) groups is 2. The fourth-order valence-electron chi connectivity index (χ4n) is 11.7. The minimum atomic E-state index is -0.460. The van der Waals surface area contributed by atoms with Crippen molar-refractivity contribution in [1.29, 1.82) is 0 Å². The normalized spacial score (nSPS) is 13.5. The molecule has 0 aliphatic heterocycles. The van der Waals surface area contributed by atoms with Gasteiger partial charge in [0.15, 0.2) is 0 Å². The summed E-state index contributed by atoms with van der Waals surface area (Å²) in [6, 6.07) is 0. The van der Waals surface area contributed by atoms with Gasteiger partial charge in [0.1, 0.15) is 0 Å². The van der Waals surface area contributed by atoms with Gasteiger partial charge in [-0.1, -0.05) is 359 Å². The van der Waals surface area contributed by atoms with Crippen LogP contribution in [0.1, 0.15) is 362 Å². The second-order valence-corrected chi connectivity index (χ2v) is 27.7. The van der Waals surface area contributed by atoms with Crippen molar-refractivity contribution in [1.82, 2.24) is 9.80 Å². The van der Waals surface area contributed by atoms with Gasteiger partial charge in [0.05, 0.1) is 24.4 Å². The minimum absolute atomic E-state index is 0.161. The molecule has 4 N–H and O–H groups in total. The number of aliphatic hydroxyl groups is 4. The van der Waals surface area contributed by atoms with Crippen LogP contribution in [0.4, 0.5) is 0 Å². The number of carbonyl (C=O) groups excluding carboxylic acids is 2. The van der Waals surface area contributed by atoms with Crippen molar-refractivity contribution in [2.45, 2.75) is 386 Å². The third kappa shape index (κ3) is 62.6. The zero-order valence-corrected chi connectivity index (χ0v) is 56.8. The maximum Gasteiger partial charge on any atom is 0.212 e. The van der Waals surface area contributed by atoms with Crippen LogP contribution in [0.3, 0.4) is 0 Å². The number of aliphatic hydroxyl groups excluding tert-OH is 4. The van der Waals surface area contributed by atoms with Crippen LogP contribution in [0.15, 0.2) is 12.2 Å². The summed E-state index contributed by atoms with van der Waals surface area (Å²) in [4.78, 5) is 30.4. The first-order chi connectivity index (χ1) is 40.1. The standard InChI is InChI=1S/C72H142N2O6S2/c1-5-9-13-17-21-25-29-33-37-41-45-49-53-67(75)63-73(64-68(76)54-50-46-42-38-34-30-26-22-18-14-10-6-2)59-61-81-71(79)57-58-72(80)82-62-60-74(65-69(77)55-51-47-43-39-35-31-27-23-19-15-11-7-3)66-70(78)56-52-48-44-40-36-32-28-24-20-16-12-8-4/h57-58,67-70,75-78H,5-56,59-66H2,1-4H3/b58-57+. The lowest BCUT2D eigenvalue weighted by atomic mass is 10.0. The van der Waals surface area contributed by atoms with Gasteiger partial charge in [-0.3, -0.25) is 19.4 Å². The summed E-state index contributed by atoms with van der Waals surface area (Å²) >= 11 is 2.39. The van der Waals surface area contributed by atoms with Gasteiger partial charge >= 0.3 is 0 Å². The Morgan fingerprint density at radius 2 is 0.439 bits per heavy atom. The summed E-state index contributed by atoms with van der Waals surface area (Å²) < 4.78 is 0. The maximum atomic E-state index is 13.1. The van der Waals surface area contributed by atoms with Crippen LogP contribution >= 0.6 is 23.5 Å². The Morgan fingerprint density at radius 3 is 0.610 bits per heavy atom. The van der Waals surface area contributed by atoms with E-state index in [9.17, 15) is 30.0 Å². The molecule has 0 aromatic heterocycles. The summed E-state index contributed by atoms with van der Waals surface area (Å²) in [5, 5.41) is 44.3.